The number of amides is 1. The van der Waals surface area contributed by atoms with Crippen LogP contribution in [0.5, 0.6) is 0 Å². The number of benzene rings is 2. The van der Waals surface area contributed by atoms with Crippen LogP contribution in [0.15, 0.2) is 71.9 Å². The first-order valence-corrected chi connectivity index (χ1v) is 8.45. The summed E-state index contributed by atoms with van der Waals surface area (Å²) >= 11 is 0. The lowest BCUT2D eigenvalue weighted by Crippen LogP contribution is -2.05. The fourth-order valence-electron chi connectivity index (χ4n) is 2.00. The molecular formula is C17H16N2O4S. The summed E-state index contributed by atoms with van der Waals surface area (Å²) in [7, 11) is -4.44. The largest absolute Gasteiger partial charge is 0.744 e. The molecule has 7 heteroatoms. The Kier molecular flexibility index (Phi) is 5.62. The van der Waals surface area contributed by atoms with Crippen LogP contribution in [-0.2, 0) is 14.9 Å². The van der Waals surface area contributed by atoms with Crippen molar-refractivity contribution in [1.82, 2.24) is 0 Å². The number of fused-ring (bicyclic) bond motifs is 1. The summed E-state index contributed by atoms with van der Waals surface area (Å²) in [4.78, 5) is 13.5. The molecule has 6 nitrogen and oxygen atoms in total. The van der Waals surface area contributed by atoms with E-state index in [1.807, 2.05) is 30.6 Å². The Morgan fingerprint density at radius 3 is 2.12 bits per heavy atom. The Morgan fingerprint density at radius 1 is 1.00 bits per heavy atom. The van der Waals surface area contributed by atoms with Crippen LogP contribution in [-0.4, -0.2) is 18.9 Å². The standard InChI is InChI=1S/C12H11NO4S.C5H5N/c1-8(14)13-11-4-2-10-7-12(18(15,16)17)5-3-9(10)6-11;1-2-4-6-5-3-1/h2-7H,1H3,(H,13,14)(H,15,16,17);1-5H. The predicted octanol–water partition coefficient (Wildman–Crippen LogP) is 2.20. The minimum atomic E-state index is -4.44. The van der Waals surface area contributed by atoms with Gasteiger partial charge in [0.05, 0.1) is 4.90 Å². The second-order valence-corrected chi connectivity index (χ2v) is 6.32. The first kappa shape index (κ1) is 17.6. The molecule has 3 aromatic rings. The Morgan fingerprint density at radius 2 is 1.62 bits per heavy atom. The lowest BCUT2D eigenvalue weighted by Gasteiger charge is -2.09. The van der Waals surface area contributed by atoms with E-state index in [1.165, 1.54) is 25.1 Å². The summed E-state index contributed by atoms with van der Waals surface area (Å²) in [5, 5.41) is 3.99. The van der Waals surface area contributed by atoms with Gasteiger partial charge in [-0.15, -0.1) is 0 Å². The minimum Gasteiger partial charge on any atom is -0.744 e. The molecule has 124 valence electrons. The van der Waals surface area contributed by atoms with Gasteiger partial charge in [0.25, 0.3) is 0 Å². The molecule has 0 fully saturated rings. The molecular weight excluding hydrogens is 328 g/mol. The normalized spacial score (nSPS) is 10.6. The van der Waals surface area contributed by atoms with Gasteiger partial charge in [-0.2, -0.15) is 0 Å². The number of hydrogen-bond donors (Lipinski definition) is 1. The molecule has 0 saturated heterocycles. The maximum Gasteiger partial charge on any atom is 0.221 e. The summed E-state index contributed by atoms with van der Waals surface area (Å²) < 4.78 is 32.6. The fraction of sp³-hybridized carbons (Fsp3) is 0.0588. The highest BCUT2D eigenvalue weighted by Gasteiger charge is 2.03. The third-order valence-corrected chi connectivity index (χ3v) is 3.86. The van der Waals surface area contributed by atoms with Gasteiger partial charge in [0.15, 0.2) is 12.4 Å². The molecule has 0 radical (unpaired) electrons. The topological polar surface area (TPSA) is 100 Å². The van der Waals surface area contributed by atoms with Gasteiger partial charge in [-0.25, -0.2) is 13.4 Å². The molecule has 3 rings (SSSR count). The Hall–Kier alpha value is -2.77. The molecule has 0 aliphatic heterocycles. The van der Waals surface area contributed by atoms with Gasteiger partial charge in [-0.1, -0.05) is 18.2 Å². The van der Waals surface area contributed by atoms with Crippen molar-refractivity contribution in [1.29, 1.82) is 0 Å². The van der Waals surface area contributed by atoms with Crippen molar-refractivity contribution in [3.8, 4) is 0 Å². The second kappa shape index (κ2) is 7.67. The summed E-state index contributed by atoms with van der Waals surface area (Å²) in [5.41, 5.74) is 0.618. The van der Waals surface area contributed by atoms with E-state index in [1.54, 1.807) is 18.2 Å². The van der Waals surface area contributed by atoms with E-state index in [0.717, 1.165) is 5.39 Å². The van der Waals surface area contributed by atoms with Crippen molar-refractivity contribution >= 4 is 32.5 Å². The molecule has 0 unspecified atom stereocenters. The number of pyridine rings is 1. The molecule has 1 amide bonds. The Balaban J connectivity index is 0.000000292. The minimum absolute atomic E-state index is 0.187. The predicted molar refractivity (Wildman–Crippen MR) is 89.2 cm³/mol. The maximum atomic E-state index is 10.9. The van der Waals surface area contributed by atoms with Gasteiger partial charge in [0, 0.05) is 24.7 Å². The summed E-state index contributed by atoms with van der Waals surface area (Å²) in [5.74, 6) is -0.187. The van der Waals surface area contributed by atoms with Crippen molar-refractivity contribution < 1.29 is 22.7 Å². The number of hydrogen-bond acceptors (Lipinski definition) is 4. The third kappa shape index (κ3) is 5.15. The molecule has 24 heavy (non-hydrogen) atoms. The zero-order chi connectivity index (χ0) is 17.6. The van der Waals surface area contributed by atoms with Gasteiger partial charge in [-0.3, -0.25) is 4.79 Å². The van der Waals surface area contributed by atoms with Gasteiger partial charge in [0.1, 0.15) is 10.1 Å². The summed E-state index contributed by atoms with van der Waals surface area (Å²) in [6, 6.07) is 15.0. The molecule has 1 heterocycles. The van der Waals surface area contributed by atoms with Gasteiger partial charge in [-0.05, 0) is 35.0 Å². The van der Waals surface area contributed by atoms with Gasteiger partial charge < -0.3 is 9.87 Å². The van der Waals surface area contributed by atoms with Crippen molar-refractivity contribution in [3.63, 3.8) is 0 Å². The molecule has 2 aromatic carbocycles. The molecule has 0 aliphatic rings. The molecule has 1 aromatic heterocycles. The molecule has 0 spiro atoms. The zero-order valence-corrected chi connectivity index (χ0v) is 13.7. The zero-order valence-electron chi connectivity index (χ0n) is 12.9. The van der Waals surface area contributed by atoms with Gasteiger partial charge >= 0.3 is 0 Å². The number of anilines is 1. The van der Waals surface area contributed by atoms with E-state index in [9.17, 15) is 17.8 Å². The highest BCUT2D eigenvalue weighted by atomic mass is 32.2. The number of carbonyl (C=O) groups excluding carboxylic acids is 1. The second-order valence-electron chi connectivity index (χ2n) is 4.94. The summed E-state index contributed by atoms with van der Waals surface area (Å²) in [6.45, 7) is 1.40. The average Bonchev–Trinajstić information content (AvgIpc) is 2.55. The van der Waals surface area contributed by atoms with Crippen LogP contribution in [0.3, 0.4) is 0 Å². The van der Waals surface area contributed by atoms with Crippen molar-refractivity contribution in [2.45, 2.75) is 11.8 Å². The molecule has 0 saturated carbocycles. The first-order chi connectivity index (χ1) is 11.4. The van der Waals surface area contributed by atoms with Crippen molar-refractivity contribution in [2.24, 2.45) is 0 Å². The maximum absolute atomic E-state index is 10.9. The number of aromatic amines is 1. The Bertz CT molecular complexity index is 915. The van der Waals surface area contributed by atoms with Crippen molar-refractivity contribution in [3.05, 3.63) is 67.0 Å². The van der Waals surface area contributed by atoms with Crippen LogP contribution in [0.4, 0.5) is 5.69 Å². The summed E-state index contributed by atoms with van der Waals surface area (Å²) in [6.07, 6.45) is 3.75. The lowest BCUT2D eigenvalue weighted by atomic mass is 10.1. The van der Waals surface area contributed by atoms with Crippen LogP contribution in [0.2, 0.25) is 0 Å². The van der Waals surface area contributed by atoms with E-state index in [2.05, 4.69) is 10.3 Å². The van der Waals surface area contributed by atoms with E-state index in [0.29, 0.717) is 11.1 Å². The molecule has 0 atom stereocenters. The van der Waals surface area contributed by atoms with Crippen LogP contribution >= 0.6 is 0 Å². The first-order valence-electron chi connectivity index (χ1n) is 7.04. The lowest BCUT2D eigenvalue weighted by molar-refractivity contribution is -0.377. The fourth-order valence-corrected chi connectivity index (χ4v) is 2.51. The van der Waals surface area contributed by atoms with E-state index in [-0.39, 0.29) is 10.8 Å². The van der Waals surface area contributed by atoms with Gasteiger partial charge in [0.2, 0.25) is 5.91 Å². The molecule has 0 aliphatic carbocycles. The number of H-pyrrole nitrogens is 1. The number of nitrogens with one attached hydrogen (secondary N) is 2. The monoisotopic (exact) mass is 344 g/mol. The van der Waals surface area contributed by atoms with E-state index in [4.69, 9.17) is 0 Å². The van der Waals surface area contributed by atoms with Crippen LogP contribution in [0, 0.1) is 0 Å². The average molecular weight is 344 g/mol. The number of rotatable bonds is 2. The quantitative estimate of drug-likeness (QED) is 0.720. The smallest absolute Gasteiger partial charge is 0.221 e. The van der Waals surface area contributed by atoms with Crippen LogP contribution in [0.25, 0.3) is 10.8 Å². The van der Waals surface area contributed by atoms with Crippen LogP contribution < -0.4 is 10.3 Å². The van der Waals surface area contributed by atoms with E-state index < -0.39 is 10.1 Å². The molecule has 0 bridgehead atoms. The van der Waals surface area contributed by atoms with E-state index >= 15 is 0 Å². The van der Waals surface area contributed by atoms with Crippen molar-refractivity contribution in [2.75, 3.05) is 5.32 Å². The van der Waals surface area contributed by atoms with Crippen LogP contribution in [0.1, 0.15) is 6.92 Å². The molecule has 2 N–H and O–H groups in total. The SMILES string of the molecule is CC(=O)Nc1ccc2cc(S(=O)(=O)[O-])ccc2c1.c1cc[nH+]cc1. The highest BCUT2D eigenvalue weighted by molar-refractivity contribution is 7.85. The third-order valence-electron chi connectivity index (χ3n) is 3.03. The number of carbonyl (C=O) groups is 1. The Labute approximate surface area is 139 Å². The number of aromatic nitrogens is 1. The highest BCUT2D eigenvalue weighted by Crippen LogP contribution is 2.22.